The Labute approximate surface area is 86.8 Å². The first-order chi connectivity index (χ1) is 6.70. The van der Waals surface area contributed by atoms with Crippen molar-refractivity contribution in [2.75, 3.05) is 19.7 Å². The van der Waals surface area contributed by atoms with E-state index in [4.69, 9.17) is 4.74 Å². The lowest BCUT2D eigenvalue weighted by Gasteiger charge is -2.36. The monoisotopic (exact) mass is 198 g/mol. The van der Waals surface area contributed by atoms with E-state index in [9.17, 15) is 0 Å². The summed E-state index contributed by atoms with van der Waals surface area (Å²) in [7, 11) is 0. The summed E-state index contributed by atoms with van der Waals surface area (Å²) >= 11 is 0. The van der Waals surface area contributed by atoms with Crippen molar-refractivity contribution in [3.63, 3.8) is 0 Å². The number of likely N-dealkylation sites (tertiary alicyclic amines) is 1. The number of nitrogens with zero attached hydrogens (tertiary/aromatic N) is 1. The van der Waals surface area contributed by atoms with Gasteiger partial charge in [0.2, 0.25) is 0 Å². The molecular weight excluding hydrogens is 176 g/mol. The van der Waals surface area contributed by atoms with Gasteiger partial charge in [-0.15, -0.1) is 0 Å². The second-order valence-electron chi connectivity index (χ2n) is 4.75. The first-order valence-electron chi connectivity index (χ1n) is 5.82. The molecule has 0 aromatic heterocycles. The summed E-state index contributed by atoms with van der Waals surface area (Å²) in [4.78, 5) is 2.56. The lowest BCUT2D eigenvalue weighted by Crippen LogP contribution is -2.54. The Hall–Kier alpha value is -0.120. The molecule has 2 heterocycles. The number of nitrogens with one attached hydrogen (secondary N) is 1. The van der Waals surface area contributed by atoms with Gasteiger partial charge in [0.1, 0.15) is 0 Å². The van der Waals surface area contributed by atoms with Gasteiger partial charge < -0.3 is 10.1 Å². The van der Waals surface area contributed by atoms with Gasteiger partial charge in [-0.05, 0) is 27.2 Å². The summed E-state index contributed by atoms with van der Waals surface area (Å²) in [6.45, 7) is 9.83. The van der Waals surface area contributed by atoms with E-state index in [1.807, 2.05) is 0 Å². The third-order valence-corrected chi connectivity index (χ3v) is 3.41. The fourth-order valence-corrected chi connectivity index (χ4v) is 2.65. The molecule has 0 spiro atoms. The van der Waals surface area contributed by atoms with Crippen LogP contribution in [0.3, 0.4) is 0 Å². The molecule has 2 saturated heterocycles. The van der Waals surface area contributed by atoms with Crippen LogP contribution in [0.4, 0.5) is 0 Å². The van der Waals surface area contributed by atoms with Gasteiger partial charge in [0.25, 0.3) is 0 Å². The van der Waals surface area contributed by atoms with E-state index >= 15 is 0 Å². The predicted molar refractivity (Wildman–Crippen MR) is 57.5 cm³/mol. The van der Waals surface area contributed by atoms with Crippen molar-refractivity contribution in [1.29, 1.82) is 0 Å². The van der Waals surface area contributed by atoms with Crippen LogP contribution in [-0.2, 0) is 4.74 Å². The van der Waals surface area contributed by atoms with Crippen LogP contribution in [-0.4, -0.2) is 48.8 Å². The number of hydrogen-bond donors (Lipinski definition) is 1. The molecule has 0 aromatic carbocycles. The molecule has 3 heteroatoms. The molecule has 2 rings (SSSR count). The molecule has 2 aliphatic rings. The summed E-state index contributed by atoms with van der Waals surface area (Å²) in [6.07, 6.45) is 1.65. The number of hydrogen-bond acceptors (Lipinski definition) is 3. The van der Waals surface area contributed by atoms with Gasteiger partial charge in [0.15, 0.2) is 0 Å². The largest absolute Gasteiger partial charge is 0.377 e. The quantitative estimate of drug-likeness (QED) is 0.727. The zero-order valence-electron chi connectivity index (χ0n) is 9.49. The van der Waals surface area contributed by atoms with Crippen LogP contribution in [0.2, 0.25) is 0 Å². The van der Waals surface area contributed by atoms with Gasteiger partial charge in [-0.1, -0.05) is 0 Å². The lowest BCUT2D eigenvalue weighted by molar-refractivity contribution is 0.0447. The first kappa shape index (κ1) is 10.4. The van der Waals surface area contributed by atoms with Crippen molar-refractivity contribution in [1.82, 2.24) is 10.2 Å². The van der Waals surface area contributed by atoms with Gasteiger partial charge >= 0.3 is 0 Å². The van der Waals surface area contributed by atoms with E-state index in [0.29, 0.717) is 24.2 Å². The highest BCUT2D eigenvalue weighted by atomic mass is 16.5. The van der Waals surface area contributed by atoms with Crippen LogP contribution in [0.1, 0.15) is 27.2 Å². The van der Waals surface area contributed by atoms with Crippen molar-refractivity contribution in [3.05, 3.63) is 0 Å². The topological polar surface area (TPSA) is 24.5 Å². The minimum Gasteiger partial charge on any atom is -0.377 e. The summed E-state index contributed by atoms with van der Waals surface area (Å²) in [5.41, 5.74) is 0. The van der Waals surface area contributed by atoms with Gasteiger partial charge in [0.05, 0.1) is 6.10 Å². The van der Waals surface area contributed by atoms with Crippen molar-refractivity contribution < 1.29 is 4.74 Å². The normalized spacial score (nSPS) is 38.1. The smallest absolute Gasteiger partial charge is 0.0755 e. The van der Waals surface area contributed by atoms with Crippen LogP contribution in [0.5, 0.6) is 0 Å². The fourth-order valence-electron chi connectivity index (χ4n) is 2.65. The highest BCUT2D eigenvalue weighted by Crippen LogP contribution is 2.24. The van der Waals surface area contributed by atoms with E-state index in [1.165, 1.54) is 13.0 Å². The van der Waals surface area contributed by atoms with E-state index in [-0.39, 0.29) is 0 Å². The molecular formula is C11H22N2O. The van der Waals surface area contributed by atoms with E-state index in [1.54, 1.807) is 0 Å². The molecule has 82 valence electrons. The lowest BCUT2D eigenvalue weighted by atomic mass is 10.1. The minimum absolute atomic E-state index is 0.453. The highest BCUT2D eigenvalue weighted by molar-refractivity contribution is 4.99. The van der Waals surface area contributed by atoms with Crippen molar-refractivity contribution in [3.8, 4) is 0 Å². The molecule has 0 aromatic rings. The van der Waals surface area contributed by atoms with Gasteiger partial charge in [-0.25, -0.2) is 0 Å². The highest BCUT2D eigenvalue weighted by Gasteiger charge is 2.40. The summed E-state index contributed by atoms with van der Waals surface area (Å²) in [6, 6.07) is 1.89. The average molecular weight is 198 g/mol. The molecule has 2 aliphatic heterocycles. The Morgan fingerprint density at radius 3 is 2.86 bits per heavy atom. The van der Waals surface area contributed by atoms with Crippen LogP contribution >= 0.6 is 0 Å². The maximum Gasteiger partial charge on any atom is 0.0755 e. The maximum absolute atomic E-state index is 5.76. The SMILES string of the molecule is CCO[C@@H]1C[C@H]2CN(C(C)C)C[C@@H]1N2. The third kappa shape index (κ3) is 1.95. The van der Waals surface area contributed by atoms with Gasteiger partial charge in [-0.2, -0.15) is 0 Å². The summed E-state index contributed by atoms with van der Waals surface area (Å²) in [5, 5.41) is 3.64. The van der Waals surface area contributed by atoms with Crippen LogP contribution in [0.25, 0.3) is 0 Å². The maximum atomic E-state index is 5.76. The number of piperazine rings is 1. The van der Waals surface area contributed by atoms with Crippen molar-refractivity contribution in [2.45, 2.75) is 51.4 Å². The molecule has 0 saturated carbocycles. The van der Waals surface area contributed by atoms with E-state index in [2.05, 4.69) is 31.0 Å². The third-order valence-electron chi connectivity index (χ3n) is 3.41. The summed E-state index contributed by atoms with van der Waals surface area (Å²) in [5.74, 6) is 0. The number of fused-ring (bicyclic) bond motifs is 2. The second kappa shape index (κ2) is 4.17. The standard InChI is InChI=1S/C11H22N2O/c1-4-14-11-5-9-6-13(8(2)3)7-10(11)12-9/h8-12H,4-7H2,1-3H3/t9-,10-,11+/m0/s1. The van der Waals surface area contributed by atoms with Crippen LogP contribution in [0, 0.1) is 0 Å². The van der Waals surface area contributed by atoms with E-state index < -0.39 is 0 Å². The molecule has 0 aliphatic carbocycles. The molecule has 14 heavy (non-hydrogen) atoms. The van der Waals surface area contributed by atoms with Crippen molar-refractivity contribution in [2.24, 2.45) is 0 Å². The predicted octanol–water partition coefficient (Wildman–Crippen LogP) is 0.846. The Morgan fingerprint density at radius 2 is 2.21 bits per heavy atom. The van der Waals surface area contributed by atoms with Gasteiger partial charge in [-0.3, -0.25) is 4.90 Å². The number of ether oxygens (including phenoxy) is 1. The van der Waals surface area contributed by atoms with Crippen LogP contribution in [0.15, 0.2) is 0 Å². The van der Waals surface area contributed by atoms with E-state index in [0.717, 1.165) is 13.2 Å². The molecule has 0 radical (unpaired) electrons. The minimum atomic E-state index is 0.453. The first-order valence-corrected chi connectivity index (χ1v) is 5.82. The zero-order valence-corrected chi connectivity index (χ0v) is 9.49. The molecule has 2 fully saturated rings. The molecule has 0 unspecified atom stereocenters. The molecule has 3 atom stereocenters. The molecule has 2 bridgehead atoms. The zero-order chi connectivity index (χ0) is 10.1. The fraction of sp³-hybridized carbons (Fsp3) is 1.00. The van der Waals surface area contributed by atoms with Gasteiger partial charge in [0, 0.05) is 37.8 Å². The molecule has 3 nitrogen and oxygen atoms in total. The number of rotatable bonds is 3. The van der Waals surface area contributed by atoms with Crippen LogP contribution < -0.4 is 5.32 Å². The summed E-state index contributed by atoms with van der Waals surface area (Å²) < 4.78 is 5.76. The Morgan fingerprint density at radius 1 is 1.43 bits per heavy atom. The molecule has 0 amide bonds. The Kier molecular flexibility index (Phi) is 3.10. The Balaban J connectivity index is 1.94. The Bertz CT molecular complexity index is 196. The molecule has 1 N–H and O–H groups in total. The van der Waals surface area contributed by atoms with Crippen molar-refractivity contribution >= 4 is 0 Å². The second-order valence-corrected chi connectivity index (χ2v) is 4.75. The average Bonchev–Trinajstić information content (AvgIpc) is 2.42.